The Morgan fingerprint density at radius 3 is 2.53 bits per heavy atom. The van der Waals surface area contributed by atoms with Crippen LogP contribution in [0.1, 0.15) is 35.2 Å². The topological polar surface area (TPSA) is 9.23 Å². The van der Waals surface area contributed by atoms with E-state index < -0.39 is 0 Å². The number of methoxy groups -OCH3 is 1. The van der Waals surface area contributed by atoms with E-state index >= 15 is 0 Å². The first-order valence-corrected chi connectivity index (χ1v) is 7.39. The third-order valence-electron chi connectivity index (χ3n) is 4.47. The molecule has 2 fully saturated rings. The minimum atomic E-state index is 0.529. The Labute approximate surface area is 112 Å². The second-order valence-electron chi connectivity index (χ2n) is 5.61. The van der Waals surface area contributed by atoms with Gasteiger partial charge in [0.1, 0.15) is 5.75 Å². The van der Waals surface area contributed by atoms with Crippen LogP contribution in [0.25, 0.3) is 0 Å². The van der Waals surface area contributed by atoms with Crippen LogP contribution in [0.4, 0.5) is 0 Å². The van der Waals surface area contributed by atoms with Crippen molar-refractivity contribution in [3.05, 3.63) is 29.3 Å². The van der Waals surface area contributed by atoms with E-state index in [1.54, 1.807) is 7.11 Å². The molecule has 1 aromatic carbocycles. The van der Waals surface area contributed by atoms with Gasteiger partial charge in [-0.3, -0.25) is 0 Å². The van der Waals surface area contributed by atoms with Gasteiger partial charge in [-0.2, -0.15) is 0 Å². The largest absolute Gasteiger partial charge is 0.497 e. The molecule has 1 aromatic rings. The number of alkyl halides is 1. The molecule has 3 unspecified atom stereocenters. The van der Waals surface area contributed by atoms with Crippen LogP contribution >= 0.6 is 15.9 Å². The Balaban J connectivity index is 1.78. The fourth-order valence-electron chi connectivity index (χ4n) is 3.34. The second kappa shape index (κ2) is 4.31. The van der Waals surface area contributed by atoms with Crippen LogP contribution in [0.5, 0.6) is 5.75 Å². The molecule has 0 bridgehead atoms. The van der Waals surface area contributed by atoms with Crippen LogP contribution in [-0.4, -0.2) is 7.11 Å². The van der Waals surface area contributed by atoms with E-state index in [-0.39, 0.29) is 0 Å². The van der Waals surface area contributed by atoms with E-state index in [9.17, 15) is 0 Å². The lowest BCUT2D eigenvalue weighted by molar-refractivity contribution is 0.414. The van der Waals surface area contributed by atoms with Gasteiger partial charge in [-0.25, -0.2) is 0 Å². The van der Waals surface area contributed by atoms with E-state index in [0.29, 0.717) is 4.83 Å². The van der Waals surface area contributed by atoms with Crippen molar-refractivity contribution in [2.45, 2.75) is 31.0 Å². The van der Waals surface area contributed by atoms with Crippen LogP contribution < -0.4 is 4.74 Å². The number of ether oxygens (including phenoxy) is 1. The Morgan fingerprint density at radius 1 is 1.24 bits per heavy atom. The van der Waals surface area contributed by atoms with E-state index in [1.165, 1.54) is 30.4 Å². The van der Waals surface area contributed by atoms with Crippen LogP contribution in [0.2, 0.25) is 0 Å². The molecule has 3 atom stereocenters. The highest BCUT2D eigenvalue weighted by Gasteiger charge is 2.47. The third-order valence-corrected chi connectivity index (χ3v) is 5.71. The van der Waals surface area contributed by atoms with Gasteiger partial charge in [-0.15, -0.1) is 0 Å². The fourth-order valence-corrected chi connectivity index (χ4v) is 4.28. The molecule has 17 heavy (non-hydrogen) atoms. The molecule has 0 aliphatic heterocycles. The van der Waals surface area contributed by atoms with Gasteiger partial charge in [0.05, 0.1) is 7.11 Å². The van der Waals surface area contributed by atoms with E-state index in [4.69, 9.17) is 4.74 Å². The summed E-state index contributed by atoms with van der Waals surface area (Å²) >= 11 is 3.92. The summed E-state index contributed by atoms with van der Waals surface area (Å²) in [5.74, 6) is 3.91. The lowest BCUT2D eigenvalue weighted by Crippen LogP contribution is -2.07. The van der Waals surface area contributed by atoms with Crippen molar-refractivity contribution < 1.29 is 4.74 Å². The monoisotopic (exact) mass is 294 g/mol. The zero-order chi connectivity index (χ0) is 12.0. The van der Waals surface area contributed by atoms with Crippen molar-refractivity contribution in [3.63, 3.8) is 0 Å². The SMILES string of the molecule is COc1ccc(C(Br)C2CC3CC3C2)c(C)c1. The summed E-state index contributed by atoms with van der Waals surface area (Å²) in [6, 6.07) is 6.43. The first-order valence-electron chi connectivity index (χ1n) is 6.47. The molecule has 0 saturated heterocycles. The van der Waals surface area contributed by atoms with Crippen molar-refractivity contribution in [3.8, 4) is 5.75 Å². The molecule has 2 aliphatic carbocycles. The summed E-state index contributed by atoms with van der Waals surface area (Å²) in [4.78, 5) is 0.529. The first-order chi connectivity index (χ1) is 8.19. The van der Waals surface area contributed by atoms with Gasteiger partial charge in [0, 0.05) is 4.83 Å². The molecule has 0 spiro atoms. The van der Waals surface area contributed by atoms with Gasteiger partial charge in [0.15, 0.2) is 0 Å². The maximum Gasteiger partial charge on any atom is 0.119 e. The van der Waals surface area contributed by atoms with E-state index in [0.717, 1.165) is 23.5 Å². The minimum absolute atomic E-state index is 0.529. The highest BCUT2D eigenvalue weighted by Crippen LogP contribution is 2.58. The van der Waals surface area contributed by atoms with Crippen LogP contribution in [-0.2, 0) is 0 Å². The molecule has 0 radical (unpaired) electrons. The molecule has 2 saturated carbocycles. The van der Waals surface area contributed by atoms with Crippen molar-refractivity contribution in [2.24, 2.45) is 17.8 Å². The molecule has 0 amide bonds. The molecule has 92 valence electrons. The smallest absolute Gasteiger partial charge is 0.119 e. The molecular formula is C15H19BrO. The number of fused-ring (bicyclic) bond motifs is 1. The standard InChI is InChI=1S/C15H19BrO/c1-9-5-13(17-2)3-4-14(9)15(16)12-7-10-6-11(10)8-12/h3-5,10-12,15H,6-8H2,1-2H3. The second-order valence-corrected chi connectivity index (χ2v) is 6.60. The molecule has 1 nitrogen and oxygen atoms in total. The predicted molar refractivity (Wildman–Crippen MR) is 73.7 cm³/mol. The summed E-state index contributed by atoms with van der Waals surface area (Å²) < 4.78 is 5.26. The number of hydrogen-bond donors (Lipinski definition) is 0. The van der Waals surface area contributed by atoms with Crippen molar-refractivity contribution >= 4 is 15.9 Å². The average molecular weight is 295 g/mol. The number of halogens is 1. The number of rotatable bonds is 3. The van der Waals surface area contributed by atoms with Crippen LogP contribution in [0, 0.1) is 24.7 Å². The van der Waals surface area contributed by atoms with E-state index in [1.807, 2.05) is 0 Å². The Kier molecular flexibility index (Phi) is 2.94. The highest BCUT2D eigenvalue weighted by atomic mass is 79.9. The quantitative estimate of drug-likeness (QED) is 0.747. The predicted octanol–water partition coefficient (Wildman–Crippen LogP) is 4.49. The van der Waals surface area contributed by atoms with Crippen molar-refractivity contribution in [1.29, 1.82) is 0 Å². The van der Waals surface area contributed by atoms with Gasteiger partial charge in [0.25, 0.3) is 0 Å². The summed E-state index contributed by atoms with van der Waals surface area (Å²) in [6.45, 7) is 2.18. The molecule has 2 aliphatic rings. The lowest BCUT2D eigenvalue weighted by atomic mass is 9.92. The van der Waals surface area contributed by atoms with Gasteiger partial charge in [-0.1, -0.05) is 22.0 Å². The van der Waals surface area contributed by atoms with Crippen LogP contribution in [0.3, 0.4) is 0 Å². The fraction of sp³-hybridized carbons (Fsp3) is 0.600. The Bertz CT molecular complexity index is 419. The van der Waals surface area contributed by atoms with Gasteiger partial charge in [0.2, 0.25) is 0 Å². The molecule has 3 rings (SSSR count). The van der Waals surface area contributed by atoms with Gasteiger partial charge in [-0.05, 0) is 67.2 Å². The van der Waals surface area contributed by atoms with Gasteiger partial charge >= 0.3 is 0 Å². The zero-order valence-corrected chi connectivity index (χ0v) is 12.0. The molecule has 0 heterocycles. The summed E-state index contributed by atoms with van der Waals surface area (Å²) in [5, 5.41) is 0. The summed E-state index contributed by atoms with van der Waals surface area (Å²) in [7, 11) is 1.73. The summed E-state index contributed by atoms with van der Waals surface area (Å²) in [5.41, 5.74) is 2.78. The highest BCUT2D eigenvalue weighted by molar-refractivity contribution is 9.09. The molecular weight excluding hydrogens is 276 g/mol. The maximum absolute atomic E-state index is 5.26. The van der Waals surface area contributed by atoms with Crippen molar-refractivity contribution in [2.75, 3.05) is 7.11 Å². The number of hydrogen-bond acceptors (Lipinski definition) is 1. The lowest BCUT2D eigenvalue weighted by Gasteiger charge is -2.21. The molecule has 0 N–H and O–H groups in total. The minimum Gasteiger partial charge on any atom is -0.497 e. The maximum atomic E-state index is 5.26. The molecule has 2 heteroatoms. The number of benzene rings is 1. The van der Waals surface area contributed by atoms with Crippen LogP contribution in [0.15, 0.2) is 18.2 Å². The summed E-state index contributed by atoms with van der Waals surface area (Å²) in [6.07, 6.45) is 4.34. The zero-order valence-electron chi connectivity index (χ0n) is 10.4. The average Bonchev–Trinajstić information content (AvgIpc) is 2.95. The molecule has 0 aromatic heterocycles. The van der Waals surface area contributed by atoms with Gasteiger partial charge < -0.3 is 4.74 Å². The van der Waals surface area contributed by atoms with Crippen molar-refractivity contribution in [1.82, 2.24) is 0 Å². The normalized spacial score (nSPS) is 32.1. The number of aryl methyl sites for hydroxylation is 1. The first kappa shape index (κ1) is 11.6. The van der Waals surface area contributed by atoms with E-state index in [2.05, 4.69) is 41.1 Å². The third kappa shape index (κ3) is 2.12. The Hall–Kier alpha value is -0.500. The Morgan fingerprint density at radius 2 is 1.94 bits per heavy atom.